The maximum absolute atomic E-state index is 11.8. The number of ether oxygens (including phenoxy) is 1. The molecule has 0 aliphatic heterocycles. The molecule has 1 N–H and O–H groups in total. The quantitative estimate of drug-likeness (QED) is 0.529. The van der Waals surface area contributed by atoms with Gasteiger partial charge in [0.15, 0.2) is 0 Å². The summed E-state index contributed by atoms with van der Waals surface area (Å²) in [6.07, 6.45) is 3.54. The number of aliphatic hydroxyl groups excluding tert-OH is 1. The number of hydrogen-bond acceptors (Lipinski definition) is 5. The van der Waals surface area contributed by atoms with Crippen LogP contribution in [-0.2, 0) is 4.74 Å². The number of thiophene rings is 1. The Hall–Kier alpha value is -1.43. The van der Waals surface area contributed by atoms with Crippen molar-refractivity contribution in [3.8, 4) is 0 Å². The average Bonchev–Trinajstić information content (AvgIpc) is 2.94. The van der Waals surface area contributed by atoms with E-state index >= 15 is 0 Å². The fourth-order valence-corrected chi connectivity index (χ4v) is 2.89. The van der Waals surface area contributed by atoms with Gasteiger partial charge < -0.3 is 9.84 Å². The summed E-state index contributed by atoms with van der Waals surface area (Å²) in [6, 6.07) is 3.50. The van der Waals surface area contributed by atoms with Crippen molar-refractivity contribution < 1.29 is 14.6 Å². The third-order valence-corrected chi connectivity index (χ3v) is 4.16. The first-order chi connectivity index (χ1) is 10.5. The molecule has 0 amide bonds. The first kappa shape index (κ1) is 18.6. The Morgan fingerprint density at radius 1 is 1.36 bits per heavy atom. The van der Waals surface area contributed by atoms with E-state index in [1.807, 2.05) is 26.0 Å². The Balaban J connectivity index is 2.57. The van der Waals surface area contributed by atoms with Gasteiger partial charge in [0.1, 0.15) is 4.88 Å². The molecule has 0 saturated carbocycles. The highest BCUT2D eigenvalue weighted by atomic mass is 32.1. The zero-order valence-electron chi connectivity index (χ0n) is 13.3. The molecule has 0 radical (unpaired) electrons. The van der Waals surface area contributed by atoms with E-state index in [1.54, 1.807) is 12.1 Å². The molecule has 4 nitrogen and oxygen atoms in total. The number of esters is 1. The van der Waals surface area contributed by atoms with Crippen molar-refractivity contribution in [1.29, 1.82) is 0 Å². The van der Waals surface area contributed by atoms with Gasteiger partial charge in [-0.3, -0.25) is 4.90 Å². The smallest absolute Gasteiger partial charge is 0.348 e. The standard InChI is InChI=1S/C17H25NO3S/c1-5-10-18(11-6-2)12-9-14(19)15-7-8-16(22-15)17(20)21-13(3)4/h5-8,13-14,19H,1-2,9-12H2,3-4H3. The number of carbonyl (C=O) groups excluding carboxylic acids is 1. The molecule has 5 heteroatoms. The topological polar surface area (TPSA) is 49.8 Å². The Bertz CT molecular complexity index is 486. The van der Waals surface area contributed by atoms with Crippen molar-refractivity contribution in [2.75, 3.05) is 19.6 Å². The third-order valence-electron chi connectivity index (χ3n) is 2.99. The molecule has 1 aromatic rings. The van der Waals surface area contributed by atoms with Gasteiger partial charge in [-0.25, -0.2) is 4.79 Å². The number of aliphatic hydroxyl groups is 1. The van der Waals surface area contributed by atoms with E-state index in [2.05, 4.69) is 18.1 Å². The lowest BCUT2D eigenvalue weighted by molar-refractivity contribution is 0.0384. The normalized spacial score (nSPS) is 12.4. The summed E-state index contributed by atoms with van der Waals surface area (Å²) in [4.78, 5) is 15.3. The molecule has 0 bridgehead atoms. The summed E-state index contributed by atoms with van der Waals surface area (Å²) in [5.74, 6) is -0.335. The molecule has 1 heterocycles. The van der Waals surface area contributed by atoms with E-state index in [0.29, 0.717) is 11.3 Å². The minimum absolute atomic E-state index is 0.144. The van der Waals surface area contributed by atoms with E-state index in [1.165, 1.54) is 11.3 Å². The van der Waals surface area contributed by atoms with Gasteiger partial charge in [0.05, 0.1) is 12.2 Å². The molecule has 1 aromatic heterocycles. The molecular weight excluding hydrogens is 298 g/mol. The van der Waals surface area contributed by atoms with Crippen LogP contribution in [0.5, 0.6) is 0 Å². The second-order valence-corrected chi connectivity index (χ2v) is 6.41. The highest BCUT2D eigenvalue weighted by molar-refractivity contribution is 7.14. The van der Waals surface area contributed by atoms with Crippen LogP contribution in [0.15, 0.2) is 37.4 Å². The van der Waals surface area contributed by atoms with Gasteiger partial charge in [-0.1, -0.05) is 12.2 Å². The molecule has 122 valence electrons. The zero-order chi connectivity index (χ0) is 16.5. The van der Waals surface area contributed by atoms with Crippen molar-refractivity contribution in [3.05, 3.63) is 47.2 Å². The predicted octanol–water partition coefficient (Wildman–Crippen LogP) is 3.41. The van der Waals surface area contributed by atoms with Crippen LogP contribution in [0.25, 0.3) is 0 Å². The third kappa shape index (κ3) is 6.13. The minimum Gasteiger partial charge on any atom is -0.459 e. The van der Waals surface area contributed by atoms with Crippen LogP contribution in [0.2, 0.25) is 0 Å². The van der Waals surface area contributed by atoms with Crippen LogP contribution >= 0.6 is 11.3 Å². The van der Waals surface area contributed by atoms with E-state index in [9.17, 15) is 9.90 Å². The Kier molecular flexibility index (Phi) is 8.09. The first-order valence-electron chi connectivity index (χ1n) is 7.40. The van der Waals surface area contributed by atoms with Crippen molar-refractivity contribution in [1.82, 2.24) is 4.90 Å². The van der Waals surface area contributed by atoms with Crippen LogP contribution in [-0.4, -0.2) is 41.7 Å². The molecule has 0 fully saturated rings. The van der Waals surface area contributed by atoms with Gasteiger partial charge in [0, 0.05) is 24.5 Å². The average molecular weight is 323 g/mol. The number of rotatable bonds is 10. The summed E-state index contributed by atoms with van der Waals surface area (Å²) in [7, 11) is 0. The Labute approximate surface area is 136 Å². The van der Waals surface area contributed by atoms with Crippen LogP contribution in [0.3, 0.4) is 0 Å². The Morgan fingerprint density at radius 3 is 2.55 bits per heavy atom. The second kappa shape index (κ2) is 9.56. The van der Waals surface area contributed by atoms with Crippen molar-refractivity contribution in [2.45, 2.75) is 32.5 Å². The van der Waals surface area contributed by atoms with Gasteiger partial charge in [0.25, 0.3) is 0 Å². The maximum Gasteiger partial charge on any atom is 0.348 e. The van der Waals surface area contributed by atoms with Gasteiger partial charge in [-0.05, 0) is 32.4 Å². The lowest BCUT2D eigenvalue weighted by Crippen LogP contribution is -2.26. The lowest BCUT2D eigenvalue weighted by atomic mass is 10.2. The SMILES string of the molecule is C=CCN(CC=C)CCC(O)c1ccc(C(=O)OC(C)C)s1. The second-order valence-electron chi connectivity index (χ2n) is 5.30. The molecule has 0 aliphatic carbocycles. The molecule has 0 saturated heterocycles. The fraction of sp³-hybridized carbons (Fsp3) is 0.471. The van der Waals surface area contributed by atoms with E-state index in [-0.39, 0.29) is 12.1 Å². The fourth-order valence-electron chi connectivity index (χ4n) is 1.98. The molecule has 0 spiro atoms. The predicted molar refractivity (Wildman–Crippen MR) is 91.3 cm³/mol. The molecule has 0 aliphatic rings. The van der Waals surface area contributed by atoms with Crippen molar-refractivity contribution in [3.63, 3.8) is 0 Å². The van der Waals surface area contributed by atoms with E-state index < -0.39 is 6.10 Å². The zero-order valence-corrected chi connectivity index (χ0v) is 14.1. The summed E-state index contributed by atoms with van der Waals surface area (Å²) in [6.45, 7) is 13.3. The summed E-state index contributed by atoms with van der Waals surface area (Å²) < 4.78 is 5.15. The van der Waals surface area contributed by atoms with Crippen molar-refractivity contribution >= 4 is 17.3 Å². The highest BCUT2D eigenvalue weighted by Gasteiger charge is 2.16. The van der Waals surface area contributed by atoms with Crippen LogP contribution in [0, 0.1) is 0 Å². The molecular formula is C17H25NO3S. The molecule has 0 aromatic carbocycles. The van der Waals surface area contributed by atoms with Crippen LogP contribution in [0.1, 0.15) is 40.9 Å². The lowest BCUT2D eigenvalue weighted by Gasteiger charge is -2.20. The largest absolute Gasteiger partial charge is 0.459 e. The molecule has 22 heavy (non-hydrogen) atoms. The summed E-state index contributed by atoms with van der Waals surface area (Å²) in [5.41, 5.74) is 0. The first-order valence-corrected chi connectivity index (χ1v) is 8.22. The Morgan fingerprint density at radius 2 is 2.00 bits per heavy atom. The monoisotopic (exact) mass is 323 g/mol. The van der Waals surface area contributed by atoms with Crippen LogP contribution < -0.4 is 0 Å². The van der Waals surface area contributed by atoms with Crippen molar-refractivity contribution in [2.24, 2.45) is 0 Å². The minimum atomic E-state index is -0.581. The van der Waals surface area contributed by atoms with E-state index in [4.69, 9.17) is 4.74 Å². The molecule has 1 rings (SSSR count). The van der Waals surface area contributed by atoms with Gasteiger partial charge in [-0.15, -0.1) is 24.5 Å². The highest BCUT2D eigenvalue weighted by Crippen LogP contribution is 2.26. The molecule has 1 unspecified atom stereocenters. The van der Waals surface area contributed by atoms with Gasteiger partial charge >= 0.3 is 5.97 Å². The van der Waals surface area contributed by atoms with Gasteiger partial charge in [-0.2, -0.15) is 0 Å². The van der Waals surface area contributed by atoms with Crippen LogP contribution in [0.4, 0.5) is 0 Å². The number of nitrogens with zero attached hydrogens (tertiary/aromatic N) is 1. The summed E-state index contributed by atoms with van der Waals surface area (Å²) in [5, 5.41) is 10.3. The number of hydrogen-bond donors (Lipinski definition) is 1. The molecule has 1 atom stereocenters. The summed E-state index contributed by atoms with van der Waals surface area (Å²) >= 11 is 1.29. The van der Waals surface area contributed by atoms with Gasteiger partial charge in [0.2, 0.25) is 0 Å². The van der Waals surface area contributed by atoms with E-state index in [0.717, 1.165) is 24.5 Å². The number of carbonyl (C=O) groups is 1. The maximum atomic E-state index is 11.8.